The largest absolute Gasteiger partial charge is 0.489 e. The van der Waals surface area contributed by atoms with E-state index in [9.17, 15) is 10.0 Å². The highest BCUT2D eigenvalue weighted by Gasteiger charge is 2.19. The molecule has 0 fully saturated rings. The molecule has 0 aliphatic carbocycles. The first-order chi connectivity index (χ1) is 8.22. The zero-order valence-corrected chi connectivity index (χ0v) is 9.63. The molecule has 0 aliphatic rings. The highest BCUT2D eigenvalue weighted by molar-refractivity contribution is 6.60. The van der Waals surface area contributed by atoms with Crippen LogP contribution in [0.2, 0.25) is 0 Å². The van der Waals surface area contributed by atoms with Gasteiger partial charge in [-0.3, -0.25) is 0 Å². The second-order valence-electron chi connectivity index (χ2n) is 3.40. The predicted octanol–water partition coefficient (Wildman–Crippen LogP) is 0.198. The SMILES string of the molecule is OB(O)c1ccccc1-c1nnc(CCCl)o1. The Bertz CT molecular complexity index is 504. The molecule has 0 radical (unpaired) electrons. The summed E-state index contributed by atoms with van der Waals surface area (Å²) in [6.07, 6.45) is 0.485. The number of hydrogen-bond acceptors (Lipinski definition) is 5. The fraction of sp³-hybridized carbons (Fsp3) is 0.200. The van der Waals surface area contributed by atoms with Crippen molar-refractivity contribution < 1.29 is 14.5 Å². The van der Waals surface area contributed by atoms with Gasteiger partial charge in [0.25, 0.3) is 0 Å². The zero-order valence-electron chi connectivity index (χ0n) is 8.88. The molecule has 0 saturated carbocycles. The predicted molar refractivity (Wildman–Crippen MR) is 64.0 cm³/mol. The number of hydrogen-bond donors (Lipinski definition) is 2. The number of alkyl halides is 1. The maximum absolute atomic E-state index is 9.22. The van der Waals surface area contributed by atoms with Crippen LogP contribution in [0.25, 0.3) is 11.5 Å². The van der Waals surface area contributed by atoms with E-state index in [4.69, 9.17) is 16.0 Å². The Morgan fingerprint density at radius 1 is 1.24 bits per heavy atom. The van der Waals surface area contributed by atoms with Crippen LogP contribution in [0.5, 0.6) is 0 Å². The summed E-state index contributed by atoms with van der Waals surface area (Å²) in [5.74, 6) is 1.08. The zero-order chi connectivity index (χ0) is 12.3. The molecule has 0 saturated heterocycles. The van der Waals surface area contributed by atoms with Crippen LogP contribution in [0.4, 0.5) is 0 Å². The summed E-state index contributed by atoms with van der Waals surface area (Å²) in [7, 11) is -1.57. The van der Waals surface area contributed by atoms with Crippen molar-refractivity contribution in [2.24, 2.45) is 0 Å². The van der Waals surface area contributed by atoms with Crippen molar-refractivity contribution >= 4 is 24.2 Å². The Balaban J connectivity index is 2.38. The lowest BCUT2D eigenvalue weighted by molar-refractivity contribution is 0.425. The lowest BCUT2D eigenvalue weighted by Crippen LogP contribution is -2.31. The van der Waals surface area contributed by atoms with Gasteiger partial charge in [-0.25, -0.2) is 0 Å². The van der Waals surface area contributed by atoms with E-state index in [-0.39, 0.29) is 5.89 Å². The van der Waals surface area contributed by atoms with Crippen LogP contribution in [0.15, 0.2) is 28.7 Å². The number of benzene rings is 1. The molecule has 1 heterocycles. The van der Waals surface area contributed by atoms with Crippen LogP contribution < -0.4 is 5.46 Å². The minimum absolute atomic E-state index is 0.258. The first-order valence-corrected chi connectivity index (χ1v) is 5.59. The van der Waals surface area contributed by atoms with Gasteiger partial charge in [-0.05, 0) is 11.5 Å². The summed E-state index contributed by atoms with van der Waals surface area (Å²) in [6.45, 7) is 0. The van der Waals surface area contributed by atoms with Gasteiger partial charge in [-0.15, -0.1) is 21.8 Å². The van der Waals surface area contributed by atoms with Crippen molar-refractivity contribution in [2.75, 3.05) is 5.88 Å². The molecule has 5 nitrogen and oxygen atoms in total. The van der Waals surface area contributed by atoms with Gasteiger partial charge in [0.1, 0.15) is 0 Å². The number of aromatic nitrogens is 2. The van der Waals surface area contributed by atoms with Gasteiger partial charge in [-0.1, -0.05) is 18.2 Å². The van der Waals surface area contributed by atoms with Crippen LogP contribution in [0.3, 0.4) is 0 Å². The lowest BCUT2D eigenvalue weighted by Gasteiger charge is -2.03. The average molecular weight is 252 g/mol. The van der Waals surface area contributed by atoms with Gasteiger partial charge in [0.15, 0.2) is 0 Å². The molecule has 0 unspecified atom stereocenters. The van der Waals surface area contributed by atoms with Crippen LogP contribution >= 0.6 is 11.6 Å². The van der Waals surface area contributed by atoms with Crippen molar-refractivity contribution in [2.45, 2.75) is 6.42 Å². The Hall–Kier alpha value is -1.37. The van der Waals surface area contributed by atoms with E-state index in [1.807, 2.05) is 0 Å². The van der Waals surface area contributed by atoms with E-state index in [2.05, 4.69) is 10.2 Å². The van der Waals surface area contributed by atoms with E-state index in [1.165, 1.54) is 0 Å². The van der Waals surface area contributed by atoms with E-state index < -0.39 is 7.12 Å². The number of nitrogens with zero attached hydrogens (tertiary/aromatic N) is 2. The quantitative estimate of drug-likeness (QED) is 0.600. The fourth-order valence-corrected chi connectivity index (χ4v) is 1.62. The van der Waals surface area contributed by atoms with Crippen LogP contribution in [-0.4, -0.2) is 33.2 Å². The molecule has 7 heteroatoms. The summed E-state index contributed by atoms with van der Waals surface area (Å²) in [5, 5.41) is 26.1. The second kappa shape index (κ2) is 5.31. The Kier molecular flexibility index (Phi) is 3.78. The second-order valence-corrected chi connectivity index (χ2v) is 3.78. The van der Waals surface area contributed by atoms with Gasteiger partial charge in [0.05, 0.1) is 0 Å². The third kappa shape index (κ3) is 2.66. The number of halogens is 1. The molecule has 2 aromatic rings. The Morgan fingerprint density at radius 3 is 2.71 bits per heavy atom. The number of aryl methyl sites for hydroxylation is 1. The van der Waals surface area contributed by atoms with Crippen molar-refractivity contribution in [1.82, 2.24) is 10.2 Å². The Morgan fingerprint density at radius 2 is 2.00 bits per heavy atom. The van der Waals surface area contributed by atoms with E-state index in [0.717, 1.165) is 0 Å². The highest BCUT2D eigenvalue weighted by Crippen LogP contribution is 2.16. The molecule has 0 atom stereocenters. The molecule has 0 bridgehead atoms. The standard InChI is InChI=1S/C10H10BClN2O3/c12-6-5-9-13-14-10(17-9)7-3-1-2-4-8(7)11(15)16/h1-4,15-16H,5-6H2. The van der Waals surface area contributed by atoms with Crippen molar-refractivity contribution in [3.63, 3.8) is 0 Å². The highest BCUT2D eigenvalue weighted by atomic mass is 35.5. The summed E-state index contributed by atoms with van der Waals surface area (Å²) in [5.41, 5.74) is 0.837. The van der Waals surface area contributed by atoms with Crippen molar-refractivity contribution in [1.29, 1.82) is 0 Å². The normalized spacial score (nSPS) is 10.5. The lowest BCUT2D eigenvalue weighted by atomic mass is 9.77. The molecule has 0 spiro atoms. The van der Waals surface area contributed by atoms with Gasteiger partial charge in [-0.2, -0.15) is 0 Å². The summed E-state index contributed by atoms with van der Waals surface area (Å²) in [4.78, 5) is 0. The van der Waals surface area contributed by atoms with Crippen LogP contribution in [0.1, 0.15) is 5.89 Å². The van der Waals surface area contributed by atoms with Crippen molar-refractivity contribution in [3.8, 4) is 11.5 Å². The van der Waals surface area contributed by atoms with Gasteiger partial charge < -0.3 is 14.5 Å². The van der Waals surface area contributed by atoms with Gasteiger partial charge in [0, 0.05) is 17.9 Å². The summed E-state index contributed by atoms with van der Waals surface area (Å²) < 4.78 is 5.37. The molecular formula is C10H10BClN2O3. The van der Waals surface area contributed by atoms with Crippen molar-refractivity contribution in [3.05, 3.63) is 30.2 Å². The fourth-order valence-electron chi connectivity index (χ4n) is 1.46. The summed E-state index contributed by atoms with van der Waals surface area (Å²) in [6, 6.07) is 6.74. The van der Waals surface area contributed by atoms with Gasteiger partial charge >= 0.3 is 7.12 Å². The molecule has 1 aromatic carbocycles. The molecular weight excluding hydrogens is 242 g/mol. The average Bonchev–Trinajstić information content (AvgIpc) is 2.78. The molecule has 0 amide bonds. The minimum Gasteiger partial charge on any atom is -0.423 e. The first kappa shape index (κ1) is 12.1. The third-order valence-corrected chi connectivity index (χ3v) is 2.43. The van der Waals surface area contributed by atoms with Crippen LogP contribution in [-0.2, 0) is 6.42 Å². The summed E-state index contributed by atoms with van der Waals surface area (Å²) >= 11 is 5.57. The van der Waals surface area contributed by atoms with E-state index >= 15 is 0 Å². The monoisotopic (exact) mass is 252 g/mol. The molecule has 2 N–H and O–H groups in total. The Labute approximate surface area is 103 Å². The topological polar surface area (TPSA) is 79.4 Å². The molecule has 0 aliphatic heterocycles. The molecule has 1 aromatic heterocycles. The maximum atomic E-state index is 9.22. The van der Waals surface area contributed by atoms with E-state index in [1.54, 1.807) is 24.3 Å². The third-order valence-electron chi connectivity index (χ3n) is 2.24. The molecule has 17 heavy (non-hydrogen) atoms. The maximum Gasteiger partial charge on any atom is 0.489 e. The smallest absolute Gasteiger partial charge is 0.423 e. The minimum atomic E-state index is -1.57. The van der Waals surface area contributed by atoms with Gasteiger partial charge in [0.2, 0.25) is 11.8 Å². The van der Waals surface area contributed by atoms with Crippen LogP contribution in [0, 0.1) is 0 Å². The number of rotatable bonds is 4. The molecule has 88 valence electrons. The first-order valence-electron chi connectivity index (χ1n) is 5.06. The molecule has 2 rings (SSSR count). The van der Waals surface area contributed by atoms with E-state index in [0.29, 0.717) is 29.2 Å².